The van der Waals surface area contributed by atoms with Gasteiger partial charge in [-0.05, 0) is 108 Å². The van der Waals surface area contributed by atoms with Gasteiger partial charge in [0, 0.05) is 45.1 Å². The summed E-state index contributed by atoms with van der Waals surface area (Å²) < 4.78 is 38.5. The Morgan fingerprint density at radius 3 is 2.15 bits per heavy atom. The molecule has 3 heterocycles. The predicted molar refractivity (Wildman–Crippen MR) is 200 cm³/mol. The highest BCUT2D eigenvalue weighted by molar-refractivity contribution is 5.73. The maximum atomic E-state index is 13.9. The van der Waals surface area contributed by atoms with Gasteiger partial charge in [-0.1, -0.05) is 20.8 Å². The molecule has 3 saturated heterocycles. The lowest BCUT2D eigenvalue weighted by molar-refractivity contribution is -0.339. The highest BCUT2D eigenvalue weighted by atomic mass is 16.7. The van der Waals surface area contributed by atoms with Gasteiger partial charge in [-0.2, -0.15) is 0 Å². The molecule has 3 rings (SSSR count). The zero-order chi connectivity index (χ0) is 39.3. The summed E-state index contributed by atoms with van der Waals surface area (Å²) >= 11 is 0. The van der Waals surface area contributed by atoms with Crippen molar-refractivity contribution in [3.05, 3.63) is 0 Å². The number of carbonyl (C=O) groups excluding carboxylic acids is 1. The first kappa shape index (κ1) is 45.4. The van der Waals surface area contributed by atoms with E-state index >= 15 is 0 Å². The molecule has 0 radical (unpaired) electrons. The van der Waals surface area contributed by atoms with Crippen LogP contribution < -0.4 is 0 Å². The molecule has 0 unspecified atom stereocenters. The van der Waals surface area contributed by atoms with E-state index in [0.29, 0.717) is 32.2 Å². The fourth-order valence-corrected chi connectivity index (χ4v) is 8.64. The van der Waals surface area contributed by atoms with Crippen LogP contribution in [0.2, 0.25) is 0 Å². The Hall–Kier alpha value is -0.970. The SMILES string of the molecule is CC[C@@H]1CC[C@H](C)C[C@](C)(O)[C@H](O[C@@H]2O[C@H](C)C[C@H](N(C)C)[C@H]2O)[C@@H](C)[C@H](O[C@H]2C[C@@](C)(OC)[C@@](O)(CN(C)CCN(C)C)[C@H](C)O2)[C@@H](C)C(=O)O1. The number of ether oxygens (including phenoxy) is 6. The molecule has 0 spiro atoms. The lowest BCUT2D eigenvalue weighted by Crippen LogP contribution is -2.70. The van der Waals surface area contributed by atoms with Crippen LogP contribution in [0.15, 0.2) is 0 Å². The molecule has 15 atom stereocenters. The van der Waals surface area contributed by atoms with Crippen LogP contribution in [0.4, 0.5) is 0 Å². The Bertz CT molecular complexity index is 1110. The number of methoxy groups -OCH3 is 1. The topological polar surface area (TPSA) is 143 Å². The summed E-state index contributed by atoms with van der Waals surface area (Å²) in [5.41, 5.74) is -3.83. The summed E-state index contributed by atoms with van der Waals surface area (Å²) in [7, 11) is 11.4. The number of cyclic esters (lactones) is 1. The first-order valence-corrected chi connectivity index (χ1v) is 19.6. The second kappa shape index (κ2) is 18.8. The van der Waals surface area contributed by atoms with E-state index in [-0.39, 0.29) is 30.6 Å². The number of aliphatic hydroxyl groups excluding tert-OH is 1. The third-order valence-electron chi connectivity index (χ3n) is 12.2. The number of nitrogens with zero attached hydrogens (tertiary/aromatic N) is 3. The Labute approximate surface area is 314 Å². The minimum absolute atomic E-state index is 0.0846. The van der Waals surface area contributed by atoms with E-state index in [9.17, 15) is 20.1 Å². The summed E-state index contributed by atoms with van der Waals surface area (Å²) in [6, 6.07) is -0.212. The quantitative estimate of drug-likeness (QED) is 0.252. The van der Waals surface area contributed by atoms with Crippen LogP contribution in [0.3, 0.4) is 0 Å². The molecule has 3 fully saturated rings. The molecule has 0 bridgehead atoms. The molecule has 0 aromatic carbocycles. The lowest BCUT2D eigenvalue weighted by atomic mass is 9.74. The van der Waals surface area contributed by atoms with Crippen LogP contribution in [-0.4, -0.2) is 170 Å². The van der Waals surface area contributed by atoms with Crippen molar-refractivity contribution >= 4 is 5.97 Å². The maximum Gasteiger partial charge on any atom is 0.311 e. The van der Waals surface area contributed by atoms with Gasteiger partial charge in [0.05, 0.1) is 35.9 Å². The molecular weight excluding hydrogens is 670 g/mol. The molecule has 13 nitrogen and oxygen atoms in total. The van der Waals surface area contributed by atoms with Crippen LogP contribution in [0.1, 0.15) is 93.9 Å². The molecule has 306 valence electrons. The highest BCUT2D eigenvalue weighted by Gasteiger charge is 2.58. The molecule has 0 amide bonds. The van der Waals surface area contributed by atoms with E-state index in [2.05, 4.69) is 16.7 Å². The second-order valence-corrected chi connectivity index (χ2v) is 17.4. The molecular formula is C39H75N3O10. The second-order valence-electron chi connectivity index (χ2n) is 17.4. The van der Waals surface area contributed by atoms with Gasteiger partial charge < -0.3 is 58.4 Å². The van der Waals surface area contributed by atoms with E-state index in [1.54, 1.807) is 21.0 Å². The van der Waals surface area contributed by atoms with Crippen molar-refractivity contribution in [1.82, 2.24) is 14.7 Å². The number of hydrogen-bond donors (Lipinski definition) is 3. The van der Waals surface area contributed by atoms with E-state index in [1.165, 1.54) is 0 Å². The van der Waals surface area contributed by atoms with Crippen LogP contribution >= 0.6 is 0 Å². The van der Waals surface area contributed by atoms with Gasteiger partial charge in [0.15, 0.2) is 12.6 Å². The van der Waals surface area contributed by atoms with Gasteiger partial charge in [-0.25, -0.2) is 0 Å². The first-order valence-electron chi connectivity index (χ1n) is 19.6. The molecule has 3 N–H and O–H groups in total. The zero-order valence-corrected chi connectivity index (χ0v) is 34.8. The summed E-state index contributed by atoms with van der Waals surface area (Å²) in [5, 5.41) is 36.1. The van der Waals surface area contributed by atoms with Gasteiger partial charge in [-0.3, -0.25) is 4.79 Å². The van der Waals surface area contributed by atoms with Crippen LogP contribution in [0.25, 0.3) is 0 Å². The average molecular weight is 746 g/mol. The van der Waals surface area contributed by atoms with Crippen molar-refractivity contribution in [3.8, 4) is 0 Å². The summed E-state index contributed by atoms with van der Waals surface area (Å²) in [4.78, 5) is 20.1. The number of carbonyl (C=O) groups is 1. The summed E-state index contributed by atoms with van der Waals surface area (Å²) in [6.45, 7) is 17.1. The minimum Gasteiger partial charge on any atom is -0.462 e. The predicted octanol–water partition coefficient (Wildman–Crippen LogP) is 3.11. The van der Waals surface area contributed by atoms with E-state index in [0.717, 1.165) is 19.5 Å². The molecule has 0 saturated carbocycles. The standard InChI is InChI=1S/C39H75N3O10/c1-15-29-17-16-24(2)21-37(7,45)34(52-36-32(43)30(41(11)12)20-25(3)48-36)26(4)33(27(5)35(44)50-29)51-31-22-38(8,47-14)39(46,28(6)49-31)23-42(13)19-18-40(9)10/h24-34,36,43,45-46H,15-23H2,1-14H3/t24-,25+,26-,27+,28-,29+,30-,31-,32+,33-,34+,36-,37-,38+,39+/m0/s1. The van der Waals surface area contributed by atoms with Crippen LogP contribution in [-0.2, 0) is 33.2 Å². The van der Waals surface area contributed by atoms with Crippen molar-refractivity contribution in [1.29, 1.82) is 0 Å². The Morgan fingerprint density at radius 2 is 1.58 bits per heavy atom. The molecule has 3 aliphatic heterocycles. The van der Waals surface area contributed by atoms with Gasteiger partial charge in [0.25, 0.3) is 0 Å². The van der Waals surface area contributed by atoms with Crippen molar-refractivity contribution in [2.45, 2.75) is 166 Å². The lowest BCUT2D eigenvalue weighted by Gasteiger charge is -2.54. The van der Waals surface area contributed by atoms with Crippen molar-refractivity contribution in [3.63, 3.8) is 0 Å². The monoisotopic (exact) mass is 746 g/mol. The van der Waals surface area contributed by atoms with E-state index in [1.807, 2.05) is 74.8 Å². The molecule has 0 aliphatic carbocycles. The van der Waals surface area contributed by atoms with Crippen LogP contribution in [0, 0.1) is 17.8 Å². The van der Waals surface area contributed by atoms with Gasteiger partial charge >= 0.3 is 5.97 Å². The third-order valence-corrected chi connectivity index (χ3v) is 12.2. The fraction of sp³-hybridized carbons (Fsp3) is 0.974. The maximum absolute atomic E-state index is 13.9. The summed E-state index contributed by atoms with van der Waals surface area (Å²) in [6.07, 6.45) is -2.46. The smallest absolute Gasteiger partial charge is 0.311 e. The number of esters is 1. The molecule has 52 heavy (non-hydrogen) atoms. The van der Waals surface area contributed by atoms with Crippen LogP contribution in [0.5, 0.6) is 0 Å². The first-order chi connectivity index (χ1) is 24.1. The molecule has 3 aliphatic rings. The van der Waals surface area contributed by atoms with E-state index in [4.69, 9.17) is 28.4 Å². The number of rotatable bonds is 12. The zero-order valence-electron chi connectivity index (χ0n) is 34.8. The van der Waals surface area contributed by atoms with Crippen molar-refractivity contribution in [2.75, 3.05) is 62.0 Å². The fourth-order valence-electron chi connectivity index (χ4n) is 8.64. The third kappa shape index (κ3) is 10.9. The molecule has 0 aromatic rings. The van der Waals surface area contributed by atoms with Gasteiger partial charge in [0.1, 0.15) is 23.4 Å². The largest absolute Gasteiger partial charge is 0.462 e. The van der Waals surface area contributed by atoms with Gasteiger partial charge in [-0.15, -0.1) is 0 Å². The number of hydrogen-bond acceptors (Lipinski definition) is 13. The minimum atomic E-state index is -1.39. The number of likely N-dealkylation sites (N-methyl/N-ethyl adjacent to an activating group) is 3. The van der Waals surface area contributed by atoms with Crippen molar-refractivity contribution < 1.29 is 48.5 Å². The molecule has 13 heteroatoms. The Kier molecular flexibility index (Phi) is 16.4. The Balaban J connectivity index is 2.02. The number of aliphatic hydroxyl groups is 3. The van der Waals surface area contributed by atoms with E-state index < -0.39 is 71.6 Å². The highest BCUT2D eigenvalue weighted by Crippen LogP contribution is 2.43. The normalized spacial score (nSPS) is 44.4. The van der Waals surface area contributed by atoms with Crippen molar-refractivity contribution in [2.24, 2.45) is 17.8 Å². The Morgan fingerprint density at radius 1 is 0.923 bits per heavy atom. The summed E-state index contributed by atoms with van der Waals surface area (Å²) in [5.74, 6) is -1.70. The molecule has 0 aromatic heterocycles. The average Bonchev–Trinajstić information content (AvgIpc) is 3.05. The van der Waals surface area contributed by atoms with Gasteiger partial charge in [0.2, 0.25) is 0 Å².